The summed E-state index contributed by atoms with van der Waals surface area (Å²) in [5.74, 6) is -0.635. The third-order valence-electron chi connectivity index (χ3n) is 3.91. The van der Waals surface area contributed by atoms with E-state index in [0.29, 0.717) is 0 Å². The summed E-state index contributed by atoms with van der Waals surface area (Å²) in [4.78, 5) is 15.7. The number of hydrogen-bond acceptors (Lipinski definition) is 4. The van der Waals surface area contributed by atoms with Gasteiger partial charge in [-0.05, 0) is 34.6 Å². The van der Waals surface area contributed by atoms with Gasteiger partial charge in [0.1, 0.15) is 5.75 Å². The minimum absolute atomic E-state index is 0.0270. The van der Waals surface area contributed by atoms with Crippen molar-refractivity contribution in [1.82, 2.24) is 5.32 Å². The number of nitrogens with one attached hydrogen (secondary N) is 2. The van der Waals surface area contributed by atoms with Crippen LogP contribution in [0.5, 0.6) is 5.75 Å². The van der Waals surface area contributed by atoms with E-state index < -0.39 is 5.91 Å². The second kappa shape index (κ2) is 6.48. The molecule has 1 aromatic rings. The summed E-state index contributed by atoms with van der Waals surface area (Å²) in [5.41, 5.74) is 6.95. The molecule has 140 valence electrons. The Labute approximate surface area is 153 Å². The third-order valence-corrected chi connectivity index (χ3v) is 3.91. The van der Waals surface area contributed by atoms with Crippen molar-refractivity contribution in [3.63, 3.8) is 0 Å². The van der Waals surface area contributed by atoms with Gasteiger partial charge in [-0.1, -0.05) is 41.5 Å². The highest BCUT2D eigenvalue weighted by Crippen LogP contribution is 2.40. The van der Waals surface area contributed by atoms with Crippen molar-refractivity contribution in [3.05, 3.63) is 34.6 Å². The molecule has 26 heavy (non-hydrogen) atoms. The number of nitrogens with two attached hydrogens (primary N) is 1. The Morgan fingerprint density at radius 3 is 2.12 bits per heavy atom. The van der Waals surface area contributed by atoms with E-state index in [1.165, 1.54) is 0 Å². The Kier molecular flexibility index (Phi) is 4.86. The molecule has 1 aliphatic rings. The predicted octanol–water partition coefficient (Wildman–Crippen LogP) is 2.72. The Morgan fingerprint density at radius 1 is 1.19 bits per heavy atom. The maximum Gasteiger partial charge on any atom is 0.317 e. The van der Waals surface area contributed by atoms with Crippen molar-refractivity contribution in [3.8, 4) is 5.75 Å². The molecule has 0 spiro atoms. The molecular weight excluding hydrogens is 332 g/mol. The van der Waals surface area contributed by atoms with Crippen LogP contribution in [0.4, 0.5) is 0 Å². The summed E-state index contributed by atoms with van der Waals surface area (Å²) in [7, 11) is 0. The van der Waals surface area contributed by atoms with Crippen LogP contribution in [0.3, 0.4) is 0 Å². The average Bonchev–Trinajstić information content (AvgIpc) is 2.77. The average molecular weight is 358 g/mol. The quantitative estimate of drug-likeness (QED) is 0.349. The maximum atomic E-state index is 12.0. The van der Waals surface area contributed by atoms with Crippen molar-refractivity contribution < 1.29 is 14.6 Å². The van der Waals surface area contributed by atoms with Crippen molar-refractivity contribution in [1.29, 1.82) is 5.41 Å². The predicted molar refractivity (Wildman–Crippen MR) is 102 cm³/mol. The first-order chi connectivity index (χ1) is 11.8. The lowest BCUT2D eigenvalue weighted by molar-refractivity contribution is -0.115. The molecule has 7 heteroatoms. The molecule has 0 unspecified atom stereocenters. The molecule has 0 radical (unpaired) electrons. The normalized spacial score (nSPS) is 16.5. The molecule has 2 rings (SSSR count). The van der Waals surface area contributed by atoms with E-state index >= 15 is 0 Å². The van der Waals surface area contributed by atoms with Crippen LogP contribution in [-0.4, -0.2) is 23.0 Å². The molecule has 5 N–H and O–H groups in total. The largest absolute Gasteiger partial charge is 0.507 e. The van der Waals surface area contributed by atoms with E-state index in [0.717, 1.165) is 16.7 Å². The van der Waals surface area contributed by atoms with Crippen LogP contribution in [-0.2, 0) is 20.4 Å². The van der Waals surface area contributed by atoms with Gasteiger partial charge in [0.2, 0.25) is 0 Å². The van der Waals surface area contributed by atoms with Crippen molar-refractivity contribution >= 4 is 24.0 Å². The van der Waals surface area contributed by atoms with Crippen LogP contribution in [0.2, 0.25) is 0 Å². The van der Waals surface area contributed by atoms with Gasteiger partial charge < -0.3 is 15.6 Å². The Morgan fingerprint density at radius 2 is 1.69 bits per heavy atom. The fraction of sp³-hybridized carbons (Fsp3) is 0.421. The van der Waals surface area contributed by atoms with E-state index in [-0.39, 0.29) is 34.3 Å². The Hall–Kier alpha value is -2.83. The van der Waals surface area contributed by atoms with Crippen molar-refractivity contribution in [2.24, 2.45) is 10.7 Å². The maximum absolute atomic E-state index is 12.0. The Bertz CT molecular complexity index is 789. The van der Waals surface area contributed by atoms with Crippen LogP contribution in [0.1, 0.15) is 58.2 Å². The molecule has 0 fully saturated rings. The van der Waals surface area contributed by atoms with E-state index in [4.69, 9.17) is 15.9 Å². The minimum atomic E-state index is -0.559. The molecule has 1 aliphatic heterocycles. The van der Waals surface area contributed by atoms with Gasteiger partial charge in [0.15, 0.2) is 11.7 Å². The molecule has 0 atom stereocenters. The van der Waals surface area contributed by atoms with Gasteiger partial charge in [0.25, 0.3) is 0 Å². The van der Waals surface area contributed by atoms with E-state index in [1.54, 1.807) is 6.08 Å². The zero-order valence-electron chi connectivity index (χ0n) is 16.0. The number of guanidine groups is 1. The number of ether oxygens (including phenoxy) is 1. The molecule has 1 heterocycles. The number of benzene rings is 1. The molecule has 0 aliphatic carbocycles. The van der Waals surface area contributed by atoms with Gasteiger partial charge in [0.05, 0.1) is 0 Å². The molecule has 0 saturated carbocycles. The first-order valence-electron chi connectivity index (χ1n) is 8.30. The van der Waals surface area contributed by atoms with Gasteiger partial charge in [-0.15, -0.1) is 0 Å². The van der Waals surface area contributed by atoms with Gasteiger partial charge >= 0.3 is 11.9 Å². The molecule has 1 amide bonds. The standard InChI is InChI=1S/C19H26N4O3/c1-18(2,3)11-7-10(8-12(14(11)24)19(4,5)6)9-13-15(25)22-17(26-13)23-16(20)21/h7-9,24H,1-6H3,(H4,20,21,22,23,25)/b13-9-. The van der Waals surface area contributed by atoms with E-state index in [9.17, 15) is 9.90 Å². The number of rotatable bonds is 1. The zero-order valence-corrected chi connectivity index (χ0v) is 16.0. The number of amidine groups is 1. The molecule has 7 nitrogen and oxygen atoms in total. The highest BCUT2D eigenvalue weighted by Gasteiger charge is 2.28. The van der Waals surface area contributed by atoms with Crippen molar-refractivity contribution in [2.45, 2.75) is 52.4 Å². The second-order valence-corrected chi connectivity index (χ2v) is 8.34. The highest BCUT2D eigenvalue weighted by atomic mass is 16.5. The monoisotopic (exact) mass is 358 g/mol. The van der Waals surface area contributed by atoms with E-state index in [2.05, 4.69) is 10.3 Å². The number of carbonyl (C=O) groups excluding carboxylic acids is 1. The summed E-state index contributed by atoms with van der Waals surface area (Å²) in [6.45, 7) is 12.1. The summed E-state index contributed by atoms with van der Waals surface area (Å²) >= 11 is 0. The molecule has 0 bridgehead atoms. The molecule has 0 aromatic heterocycles. The first kappa shape index (κ1) is 19.5. The number of phenols is 1. The SMILES string of the molecule is CC(C)(C)c1cc(/C=C2\OC(NC(=N)N)=NC2=O)cc(C(C)(C)C)c1O. The molecular formula is C19H26N4O3. The van der Waals surface area contributed by atoms with Crippen LogP contribution in [0.25, 0.3) is 6.08 Å². The van der Waals surface area contributed by atoms with Crippen LogP contribution in [0.15, 0.2) is 22.9 Å². The number of hydrogen-bond donors (Lipinski definition) is 4. The zero-order chi connectivity index (χ0) is 19.9. The van der Waals surface area contributed by atoms with Gasteiger partial charge in [-0.2, -0.15) is 4.99 Å². The number of aromatic hydroxyl groups is 1. The van der Waals surface area contributed by atoms with Crippen LogP contribution >= 0.6 is 0 Å². The fourth-order valence-corrected chi connectivity index (χ4v) is 2.61. The summed E-state index contributed by atoms with van der Waals surface area (Å²) in [6.07, 6.45) is 1.57. The lowest BCUT2D eigenvalue weighted by Gasteiger charge is -2.27. The Balaban J connectivity index is 2.51. The third kappa shape index (κ3) is 4.22. The van der Waals surface area contributed by atoms with Gasteiger partial charge in [-0.25, -0.2) is 0 Å². The summed E-state index contributed by atoms with van der Waals surface area (Å²) < 4.78 is 5.34. The molecule has 1 aromatic carbocycles. The fourth-order valence-electron chi connectivity index (χ4n) is 2.61. The molecule has 0 saturated heterocycles. The van der Waals surface area contributed by atoms with Crippen LogP contribution < -0.4 is 11.1 Å². The minimum Gasteiger partial charge on any atom is -0.507 e. The number of amides is 1. The number of phenolic OH excluding ortho intramolecular Hbond substituents is 1. The second-order valence-electron chi connectivity index (χ2n) is 8.34. The van der Waals surface area contributed by atoms with Gasteiger partial charge in [-0.3, -0.25) is 15.5 Å². The van der Waals surface area contributed by atoms with E-state index in [1.807, 2.05) is 53.7 Å². The lowest BCUT2D eigenvalue weighted by atomic mass is 9.78. The lowest BCUT2D eigenvalue weighted by Crippen LogP contribution is -2.35. The van der Waals surface area contributed by atoms with Crippen LogP contribution in [0, 0.1) is 5.41 Å². The smallest absolute Gasteiger partial charge is 0.317 e. The highest BCUT2D eigenvalue weighted by molar-refractivity contribution is 6.11. The summed E-state index contributed by atoms with van der Waals surface area (Å²) in [6, 6.07) is 3.55. The van der Waals surface area contributed by atoms with Crippen molar-refractivity contribution in [2.75, 3.05) is 0 Å². The number of carbonyl (C=O) groups is 1. The first-order valence-corrected chi connectivity index (χ1v) is 8.30. The number of nitrogens with zero attached hydrogens (tertiary/aromatic N) is 1. The van der Waals surface area contributed by atoms with Gasteiger partial charge in [0, 0.05) is 11.1 Å². The number of aliphatic imine (C=N–C) groups is 1. The summed E-state index contributed by atoms with van der Waals surface area (Å²) in [5, 5.41) is 20.3. The topological polar surface area (TPSA) is 121 Å².